The predicted molar refractivity (Wildman–Crippen MR) is 141 cm³/mol. The molecule has 0 aliphatic carbocycles. The van der Waals surface area contributed by atoms with Crippen LogP contribution in [0.5, 0.6) is 0 Å². The molecular formula is C25H30F2N8OS. The minimum absolute atomic E-state index is 0.0206. The lowest BCUT2D eigenvalue weighted by Crippen LogP contribution is -2.48. The van der Waals surface area contributed by atoms with Gasteiger partial charge in [0.1, 0.15) is 21.5 Å². The number of hydrogen-bond acceptors (Lipinski definition) is 6. The number of urea groups is 1. The molecule has 9 nitrogen and oxygen atoms in total. The maximum Gasteiger partial charge on any atom is 0.341 e. The minimum atomic E-state index is -1.05. The fourth-order valence-electron chi connectivity index (χ4n) is 3.94. The number of halogens is 2. The van der Waals surface area contributed by atoms with Gasteiger partial charge in [0.15, 0.2) is 0 Å². The monoisotopic (exact) mass is 528 g/mol. The van der Waals surface area contributed by atoms with Crippen LogP contribution in [0.3, 0.4) is 0 Å². The average Bonchev–Trinajstić information content (AvgIpc) is 3.29. The van der Waals surface area contributed by atoms with Gasteiger partial charge in [0.2, 0.25) is 12.2 Å². The van der Waals surface area contributed by atoms with Crippen molar-refractivity contribution in [2.24, 2.45) is 21.6 Å². The molecule has 0 aromatic heterocycles. The molecule has 1 heterocycles. The van der Waals surface area contributed by atoms with Crippen molar-refractivity contribution >= 4 is 28.8 Å². The van der Waals surface area contributed by atoms with E-state index < -0.39 is 22.5 Å². The first-order valence-corrected chi connectivity index (χ1v) is 12.5. The molecule has 1 unspecified atom stereocenters. The van der Waals surface area contributed by atoms with E-state index in [0.29, 0.717) is 38.9 Å². The number of nitrogens with two attached hydrogens (primary N) is 2. The highest BCUT2D eigenvalue weighted by Gasteiger charge is 2.49. The number of hydrogen-bond donors (Lipinski definition) is 2. The Morgan fingerprint density at radius 3 is 2.54 bits per heavy atom. The summed E-state index contributed by atoms with van der Waals surface area (Å²) in [6.07, 6.45) is 3.17. The maximum absolute atomic E-state index is 14.8. The van der Waals surface area contributed by atoms with Gasteiger partial charge in [0.05, 0.1) is 0 Å². The molecule has 1 aliphatic rings. The number of nitrogens with zero attached hydrogens (tertiary/aromatic N) is 6. The summed E-state index contributed by atoms with van der Waals surface area (Å²) in [5.74, 6) is -1.17. The molecule has 1 aliphatic heterocycles. The topological polar surface area (TPSA) is 127 Å². The highest BCUT2D eigenvalue weighted by molar-refractivity contribution is 8.15. The number of carbonyl (C=O) groups is 1. The van der Waals surface area contributed by atoms with Crippen molar-refractivity contribution in [2.75, 3.05) is 33.7 Å². The highest BCUT2D eigenvalue weighted by atomic mass is 32.2. The van der Waals surface area contributed by atoms with Gasteiger partial charge in [0.25, 0.3) is 0 Å². The van der Waals surface area contributed by atoms with Gasteiger partial charge in [-0.2, -0.15) is 15.4 Å². The van der Waals surface area contributed by atoms with Gasteiger partial charge in [-0.3, -0.25) is 0 Å². The molecule has 0 spiro atoms. The van der Waals surface area contributed by atoms with Gasteiger partial charge in [-0.05, 0) is 49.6 Å². The normalized spacial score (nSPS) is 17.4. The van der Waals surface area contributed by atoms with Crippen LogP contribution in [0.15, 0.2) is 58.6 Å². The highest BCUT2D eigenvalue weighted by Crippen LogP contribution is 2.51. The quantitative estimate of drug-likeness (QED) is 0.292. The van der Waals surface area contributed by atoms with Crippen molar-refractivity contribution in [3.63, 3.8) is 0 Å². The molecule has 196 valence electrons. The number of rotatable bonds is 9. The Labute approximate surface area is 219 Å². The van der Waals surface area contributed by atoms with Crippen LogP contribution in [0.4, 0.5) is 13.6 Å². The molecule has 0 radical (unpaired) electrons. The zero-order valence-electron chi connectivity index (χ0n) is 20.8. The predicted octanol–water partition coefficient (Wildman–Crippen LogP) is 3.44. The van der Waals surface area contributed by atoms with E-state index in [1.807, 2.05) is 30.3 Å². The maximum atomic E-state index is 14.8. The zero-order valence-corrected chi connectivity index (χ0v) is 21.6. The second kappa shape index (κ2) is 12.5. The van der Waals surface area contributed by atoms with Crippen molar-refractivity contribution in [3.8, 4) is 6.19 Å². The van der Waals surface area contributed by atoms with Crippen LogP contribution in [0.2, 0.25) is 0 Å². The second-order valence-electron chi connectivity index (χ2n) is 8.54. The molecule has 12 heteroatoms. The summed E-state index contributed by atoms with van der Waals surface area (Å²) >= 11 is 1.20. The molecule has 37 heavy (non-hydrogen) atoms. The van der Waals surface area contributed by atoms with E-state index in [-0.39, 0.29) is 16.6 Å². The van der Waals surface area contributed by atoms with E-state index in [0.717, 1.165) is 23.8 Å². The number of guanidine groups is 1. The van der Waals surface area contributed by atoms with Crippen LogP contribution in [0, 0.1) is 23.1 Å². The number of amides is 2. The molecule has 1 atom stereocenters. The van der Waals surface area contributed by atoms with Crippen molar-refractivity contribution in [2.45, 2.75) is 24.1 Å². The molecule has 0 saturated carbocycles. The van der Waals surface area contributed by atoms with Gasteiger partial charge in [-0.25, -0.2) is 13.6 Å². The number of hydrazone groups is 1. The van der Waals surface area contributed by atoms with Crippen LogP contribution in [-0.4, -0.2) is 65.6 Å². The summed E-state index contributed by atoms with van der Waals surface area (Å²) in [6, 6.07) is 12.1. The molecule has 2 aromatic carbocycles. The van der Waals surface area contributed by atoms with Crippen molar-refractivity contribution in [3.05, 3.63) is 71.3 Å². The van der Waals surface area contributed by atoms with Crippen LogP contribution in [0.25, 0.3) is 0 Å². The largest absolute Gasteiger partial charge is 0.369 e. The van der Waals surface area contributed by atoms with Gasteiger partial charge in [-0.15, -0.1) is 4.99 Å². The fraction of sp³-hybridized carbons (Fsp3) is 0.360. The van der Waals surface area contributed by atoms with Crippen molar-refractivity contribution < 1.29 is 13.6 Å². The molecule has 2 aromatic rings. The number of carbonyl (C=O) groups excluding carboxylic acids is 1. The SMILES string of the molecule is CN(CCCN)C(=O)N1N=C(c2cc(F)ccc2F)SC1(CCCN(C)C(N)=NC#N)c1ccccc1. The average molecular weight is 529 g/mol. The van der Waals surface area contributed by atoms with E-state index in [1.54, 1.807) is 25.2 Å². The van der Waals surface area contributed by atoms with Gasteiger partial charge in [0, 0.05) is 32.7 Å². The van der Waals surface area contributed by atoms with E-state index in [4.69, 9.17) is 16.7 Å². The summed E-state index contributed by atoms with van der Waals surface area (Å²) in [5.41, 5.74) is 12.2. The van der Waals surface area contributed by atoms with Crippen molar-refractivity contribution in [1.82, 2.24) is 14.8 Å². The summed E-state index contributed by atoms with van der Waals surface area (Å²) in [6.45, 7) is 1.25. The molecule has 4 N–H and O–H groups in total. The van der Waals surface area contributed by atoms with Crippen LogP contribution in [0.1, 0.15) is 30.4 Å². The van der Waals surface area contributed by atoms with Gasteiger partial charge in [-0.1, -0.05) is 42.1 Å². The summed E-state index contributed by atoms with van der Waals surface area (Å²) in [7, 11) is 3.36. The molecular weight excluding hydrogens is 498 g/mol. The third kappa shape index (κ3) is 6.36. The molecule has 0 bridgehead atoms. The Balaban J connectivity index is 2.05. The first-order valence-electron chi connectivity index (χ1n) is 11.7. The van der Waals surface area contributed by atoms with E-state index >= 15 is 0 Å². The Hall–Kier alpha value is -3.69. The lowest BCUT2D eigenvalue weighted by molar-refractivity contribution is 0.130. The van der Waals surface area contributed by atoms with E-state index in [2.05, 4.69) is 10.1 Å². The van der Waals surface area contributed by atoms with E-state index in [1.165, 1.54) is 21.7 Å². The molecule has 3 rings (SSSR count). The smallest absolute Gasteiger partial charge is 0.341 e. The van der Waals surface area contributed by atoms with Gasteiger partial charge >= 0.3 is 6.03 Å². The Morgan fingerprint density at radius 2 is 1.86 bits per heavy atom. The molecule has 0 fully saturated rings. The Kier molecular flexibility index (Phi) is 9.43. The lowest BCUT2D eigenvalue weighted by atomic mass is 10.00. The summed E-state index contributed by atoms with van der Waals surface area (Å²) in [4.78, 5) is 19.4. The first-order chi connectivity index (χ1) is 17.7. The zero-order chi connectivity index (χ0) is 27.0. The number of nitriles is 1. The fourth-order valence-corrected chi connectivity index (χ4v) is 5.35. The summed E-state index contributed by atoms with van der Waals surface area (Å²) < 4.78 is 28.9. The van der Waals surface area contributed by atoms with Crippen LogP contribution < -0.4 is 11.5 Å². The number of aliphatic imine (C=N–C) groups is 1. The number of benzene rings is 2. The Morgan fingerprint density at radius 1 is 1.16 bits per heavy atom. The minimum Gasteiger partial charge on any atom is -0.369 e. The van der Waals surface area contributed by atoms with Crippen LogP contribution >= 0.6 is 11.8 Å². The van der Waals surface area contributed by atoms with Crippen LogP contribution in [-0.2, 0) is 4.87 Å². The molecule has 0 saturated heterocycles. The van der Waals surface area contributed by atoms with Gasteiger partial charge < -0.3 is 21.3 Å². The first kappa shape index (κ1) is 27.9. The summed E-state index contributed by atoms with van der Waals surface area (Å²) in [5, 5.41) is 14.9. The Bertz CT molecular complexity index is 1200. The third-order valence-electron chi connectivity index (χ3n) is 5.95. The number of thioether (sulfide) groups is 1. The lowest BCUT2D eigenvalue weighted by Gasteiger charge is -2.38. The standard InChI is InChI=1S/C25H30F2N8OS/c1-33(23(30)31-17-29)14-6-12-25(18-8-4-3-5-9-18)35(24(36)34(2)15-7-13-28)32-22(37-25)20-16-19(26)10-11-21(20)27/h3-5,8-11,16H,6-7,12-15,28H2,1-2H3,(H2,30,31). The van der Waals surface area contributed by atoms with E-state index in [9.17, 15) is 13.6 Å². The third-order valence-corrected chi connectivity index (χ3v) is 7.40. The second-order valence-corrected chi connectivity index (χ2v) is 9.80. The molecule has 2 amide bonds. The van der Waals surface area contributed by atoms with Crippen molar-refractivity contribution in [1.29, 1.82) is 5.26 Å².